The van der Waals surface area contributed by atoms with Crippen LogP contribution < -0.4 is 11.5 Å². The molecule has 0 aromatic carbocycles. The topological polar surface area (TPSA) is 77.8 Å². The minimum absolute atomic E-state index is 0.0670. The Morgan fingerprint density at radius 3 is 1.50 bits per heavy atom. The van der Waals surface area contributed by atoms with Crippen molar-refractivity contribution in [3.63, 3.8) is 0 Å². The molecule has 2 rings (SSSR count). The summed E-state index contributed by atoms with van der Waals surface area (Å²) >= 11 is 11.5. The zero-order valence-corrected chi connectivity index (χ0v) is 13.8. The Morgan fingerprint density at radius 2 is 1.18 bits per heavy atom. The Hall–Kier alpha value is -1.20. The molecule has 2 aromatic heterocycles. The Bertz CT molecular complexity index is 518. The first kappa shape index (κ1) is 17.2. The van der Waals surface area contributed by atoms with E-state index in [0.29, 0.717) is 10.3 Å². The van der Waals surface area contributed by atoms with E-state index < -0.39 is 0 Å². The van der Waals surface area contributed by atoms with Crippen LogP contribution in [0.4, 0.5) is 0 Å². The number of hydrogen-bond donors (Lipinski definition) is 2. The molecule has 2 unspecified atom stereocenters. The molecule has 0 aliphatic heterocycles. The standard InChI is InChI=1S/C16H20Cl2N4/c17-15-5-1-11(9-21-15)7-13(19)3-4-14(20)8-12-2-6-16(18)22-10-12/h1-2,5-6,9-10,13-14H,3-4,7-8,19-20H2. The summed E-state index contributed by atoms with van der Waals surface area (Å²) in [7, 11) is 0. The first-order chi connectivity index (χ1) is 10.5. The molecule has 0 amide bonds. The van der Waals surface area contributed by atoms with E-state index in [0.717, 1.165) is 36.8 Å². The van der Waals surface area contributed by atoms with Crippen molar-refractivity contribution in [1.82, 2.24) is 9.97 Å². The van der Waals surface area contributed by atoms with Gasteiger partial charge in [-0.1, -0.05) is 35.3 Å². The van der Waals surface area contributed by atoms with Crippen molar-refractivity contribution in [3.8, 4) is 0 Å². The molecule has 0 aliphatic carbocycles. The van der Waals surface area contributed by atoms with Crippen LogP contribution in [0.2, 0.25) is 10.3 Å². The number of pyridine rings is 2. The maximum Gasteiger partial charge on any atom is 0.129 e. The van der Waals surface area contributed by atoms with Crippen LogP contribution in [0.25, 0.3) is 0 Å². The van der Waals surface area contributed by atoms with Gasteiger partial charge in [-0.05, 0) is 48.9 Å². The van der Waals surface area contributed by atoms with Crippen LogP contribution in [0.1, 0.15) is 24.0 Å². The van der Waals surface area contributed by atoms with E-state index in [2.05, 4.69) is 9.97 Å². The Morgan fingerprint density at radius 1 is 0.773 bits per heavy atom. The van der Waals surface area contributed by atoms with Crippen molar-refractivity contribution in [2.75, 3.05) is 0 Å². The van der Waals surface area contributed by atoms with Crippen LogP contribution in [0.15, 0.2) is 36.7 Å². The molecule has 0 fully saturated rings. The predicted molar refractivity (Wildman–Crippen MR) is 91.1 cm³/mol. The molecule has 2 aromatic rings. The quantitative estimate of drug-likeness (QED) is 0.760. The average Bonchev–Trinajstić information content (AvgIpc) is 2.50. The fourth-order valence-electron chi connectivity index (χ4n) is 2.29. The molecule has 22 heavy (non-hydrogen) atoms. The smallest absolute Gasteiger partial charge is 0.129 e. The van der Waals surface area contributed by atoms with E-state index >= 15 is 0 Å². The van der Waals surface area contributed by atoms with E-state index in [1.165, 1.54) is 0 Å². The summed E-state index contributed by atoms with van der Waals surface area (Å²) in [5.41, 5.74) is 14.5. The zero-order chi connectivity index (χ0) is 15.9. The van der Waals surface area contributed by atoms with E-state index in [-0.39, 0.29) is 12.1 Å². The molecule has 4 nitrogen and oxygen atoms in total. The van der Waals surface area contributed by atoms with Gasteiger partial charge < -0.3 is 11.5 Å². The summed E-state index contributed by atoms with van der Waals surface area (Å²) < 4.78 is 0. The molecule has 4 N–H and O–H groups in total. The van der Waals surface area contributed by atoms with Crippen molar-refractivity contribution in [3.05, 3.63) is 58.1 Å². The molecule has 0 aliphatic rings. The molecule has 2 heterocycles. The van der Waals surface area contributed by atoms with Gasteiger partial charge in [-0.15, -0.1) is 0 Å². The van der Waals surface area contributed by atoms with Gasteiger partial charge in [0.25, 0.3) is 0 Å². The Kier molecular flexibility index (Phi) is 6.58. The van der Waals surface area contributed by atoms with Crippen LogP contribution in [-0.4, -0.2) is 22.1 Å². The summed E-state index contributed by atoms with van der Waals surface area (Å²) in [4.78, 5) is 8.12. The van der Waals surface area contributed by atoms with Gasteiger partial charge in [-0.2, -0.15) is 0 Å². The van der Waals surface area contributed by atoms with Gasteiger partial charge >= 0.3 is 0 Å². The monoisotopic (exact) mass is 338 g/mol. The SMILES string of the molecule is NC(CCC(N)Cc1ccc(Cl)nc1)Cc1ccc(Cl)nc1. The molecular formula is C16H20Cl2N4. The molecule has 0 spiro atoms. The molecule has 0 saturated heterocycles. The molecular weight excluding hydrogens is 319 g/mol. The lowest BCUT2D eigenvalue weighted by atomic mass is 9.98. The lowest BCUT2D eigenvalue weighted by molar-refractivity contribution is 0.513. The number of aromatic nitrogens is 2. The summed E-state index contributed by atoms with van der Waals surface area (Å²) in [5, 5.41) is 0.992. The lowest BCUT2D eigenvalue weighted by Gasteiger charge is -2.16. The van der Waals surface area contributed by atoms with E-state index in [1.807, 2.05) is 12.1 Å². The van der Waals surface area contributed by atoms with E-state index in [9.17, 15) is 0 Å². The van der Waals surface area contributed by atoms with Gasteiger partial charge in [0.05, 0.1) is 0 Å². The summed E-state index contributed by atoms with van der Waals surface area (Å²) in [6, 6.07) is 7.60. The Balaban J connectivity index is 1.74. The Labute approximate surface area is 140 Å². The molecule has 6 heteroatoms. The second kappa shape index (κ2) is 8.44. The van der Waals surface area contributed by atoms with Crippen molar-refractivity contribution >= 4 is 23.2 Å². The first-order valence-corrected chi connectivity index (χ1v) is 8.00. The van der Waals surface area contributed by atoms with Crippen LogP contribution in [0, 0.1) is 0 Å². The van der Waals surface area contributed by atoms with E-state index in [1.54, 1.807) is 24.5 Å². The second-order valence-corrected chi connectivity index (χ2v) is 6.26. The van der Waals surface area contributed by atoms with Gasteiger partial charge in [-0.25, -0.2) is 9.97 Å². The highest BCUT2D eigenvalue weighted by Gasteiger charge is 2.09. The normalized spacial score (nSPS) is 13.8. The van der Waals surface area contributed by atoms with E-state index in [4.69, 9.17) is 34.7 Å². The minimum Gasteiger partial charge on any atom is -0.327 e. The predicted octanol–water partition coefficient (Wildman–Crippen LogP) is 3.00. The van der Waals surface area contributed by atoms with Crippen LogP contribution >= 0.6 is 23.2 Å². The third-order valence-electron chi connectivity index (χ3n) is 3.48. The van der Waals surface area contributed by atoms with Crippen LogP contribution in [0.5, 0.6) is 0 Å². The van der Waals surface area contributed by atoms with Gasteiger partial charge in [0, 0.05) is 24.5 Å². The highest BCUT2D eigenvalue weighted by atomic mass is 35.5. The fraction of sp³-hybridized carbons (Fsp3) is 0.375. The maximum absolute atomic E-state index is 6.16. The van der Waals surface area contributed by atoms with Crippen molar-refractivity contribution in [2.24, 2.45) is 11.5 Å². The number of nitrogens with zero attached hydrogens (tertiary/aromatic N) is 2. The third-order valence-corrected chi connectivity index (χ3v) is 3.93. The van der Waals surface area contributed by atoms with Crippen molar-refractivity contribution in [1.29, 1.82) is 0 Å². The number of rotatable bonds is 7. The van der Waals surface area contributed by atoms with Crippen molar-refractivity contribution in [2.45, 2.75) is 37.8 Å². The molecule has 0 bridgehead atoms. The largest absolute Gasteiger partial charge is 0.327 e. The lowest BCUT2D eigenvalue weighted by Crippen LogP contribution is -2.29. The number of hydrogen-bond acceptors (Lipinski definition) is 4. The third kappa shape index (κ3) is 5.89. The first-order valence-electron chi connectivity index (χ1n) is 7.25. The molecule has 0 saturated carbocycles. The minimum atomic E-state index is 0.0670. The number of nitrogens with two attached hydrogens (primary N) is 2. The van der Waals surface area contributed by atoms with Gasteiger partial charge in [-0.3, -0.25) is 0 Å². The highest BCUT2D eigenvalue weighted by Crippen LogP contribution is 2.12. The van der Waals surface area contributed by atoms with Gasteiger partial charge in [0.2, 0.25) is 0 Å². The second-order valence-electron chi connectivity index (χ2n) is 5.48. The van der Waals surface area contributed by atoms with Crippen LogP contribution in [0.3, 0.4) is 0 Å². The van der Waals surface area contributed by atoms with Crippen molar-refractivity contribution < 1.29 is 0 Å². The molecule has 2 atom stereocenters. The van der Waals surface area contributed by atoms with Gasteiger partial charge in [0.1, 0.15) is 10.3 Å². The highest BCUT2D eigenvalue weighted by molar-refractivity contribution is 6.29. The number of halogens is 2. The van der Waals surface area contributed by atoms with Gasteiger partial charge in [0.15, 0.2) is 0 Å². The molecule has 0 radical (unpaired) electrons. The zero-order valence-electron chi connectivity index (χ0n) is 12.3. The fourth-order valence-corrected chi connectivity index (χ4v) is 2.52. The molecule has 118 valence electrons. The van der Waals surface area contributed by atoms with Crippen LogP contribution in [-0.2, 0) is 12.8 Å². The summed E-state index contributed by atoms with van der Waals surface area (Å²) in [6.07, 6.45) is 6.82. The maximum atomic E-state index is 6.16. The summed E-state index contributed by atoms with van der Waals surface area (Å²) in [6.45, 7) is 0. The summed E-state index contributed by atoms with van der Waals surface area (Å²) in [5.74, 6) is 0. The average molecular weight is 339 g/mol.